The molecule has 0 spiro atoms. The van der Waals surface area contributed by atoms with Crippen LogP contribution in [0, 0.1) is 0 Å². The van der Waals surface area contributed by atoms with E-state index in [1.807, 2.05) is 16.8 Å². The summed E-state index contributed by atoms with van der Waals surface area (Å²) in [5, 5.41) is 11.7. The van der Waals surface area contributed by atoms with E-state index in [1.54, 1.807) is 7.05 Å². The first-order valence-electron chi connectivity index (χ1n) is 8.08. The van der Waals surface area contributed by atoms with Crippen molar-refractivity contribution in [3.05, 3.63) is 58.1 Å². The SMILES string of the molecule is CN(Cc1ccc(C(F)(F)F)cc1)C(=O)CCc1nnc(-c2ccsc2)o1. The molecule has 3 aromatic rings. The summed E-state index contributed by atoms with van der Waals surface area (Å²) in [6, 6.07) is 6.64. The fraction of sp³-hybridized carbons (Fsp3) is 0.278. The number of benzene rings is 1. The zero-order chi connectivity index (χ0) is 19.4. The lowest BCUT2D eigenvalue weighted by Gasteiger charge is -2.17. The Hall–Kier alpha value is -2.68. The molecule has 0 unspecified atom stereocenters. The third-order valence-electron chi connectivity index (χ3n) is 3.91. The highest BCUT2D eigenvalue weighted by atomic mass is 32.1. The van der Waals surface area contributed by atoms with E-state index in [1.165, 1.54) is 28.4 Å². The Labute approximate surface area is 157 Å². The second kappa shape index (κ2) is 7.91. The molecule has 2 aromatic heterocycles. The van der Waals surface area contributed by atoms with E-state index in [0.29, 0.717) is 23.8 Å². The molecule has 142 valence electrons. The summed E-state index contributed by atoms with van der Waals surface area (Å²) in [6.45, 7) is 0.223. The van der Waals surface area contributed by atoms with Crippen molar-refractivity contribution in [1.29, 1.82) is 0 Å². The summed E-state index contributed by atoms with van der Waals surface area (Å²) in [6.07, 6.45) is -3.90. The first kappa shape index (κ1) is 19.1. The van der Waals surface area contributed by atoms with Crippen LogP contribution in [0.25, 0.3) is 11.5 Å². The Bertz CT molecular complexity index is 889. The van der Waals surface area contributed by atoms with E-state index in [2.05, 4.69) is 10.2 Å². The molecule has 0 N–H and O–H groups in total. The highest BCUT2D eigenvalue weighted by Gasteiger charge is 2.30. The number of carbonyl (C=O) groups is 1. The summed E-state index contributed by atoms with van der Waals surface area (Å²) in [5.74, 6) is 0.620. The quantitative estimate of drug-likeness (QED) is 0.620. The lowest BCUT2D eigenvalue weighted by molar-refractivity contribution is -0.137. The molecular formula is C18H16F3N3O2S. The second-order valence-corrected chi connectivity index (χ2v) is 6.74. The van der Waals surface area contributed by atoms with Crippen LogP contribution in [0.15, 0.2) is 45.5 Å². The number of hydrogen-bond acceptors (Lipinski definition) is 5. The molecule has 1 aromatic carbocycles. The van der Waals surface area contributed by atoms with E-state index >= 15 is 0 Å². The van der Waals surface area contributed by atoms with Gasteiger partial charge in [0.05, 0.1) is 5.56 Å². The minimum absolute atomic E-state index is 0.162. The Kier molecular flexibility index (Phi) is 5.59. The summed E-state index contributed by atoms with van der Waals surface area (Å²) in [7, 11) is 1.60. The molecule has 3 rings (SSSR count). The molecule has 5 nitrogen and oxygen atoms in total. The smallest absolute Gasteiger partial charge is 0.416 e. The maximum absolute atomic E-state index is 12.6. The number of aromatic nitrogens is 2. The van der Waals surface area contributed by atoms with Gasteiger partial charge in [0.1, 0.15) is 0 Å². The Morgan fingerprint density at radius 2 is 1.93 bits per heavy atom. The van der Waals surface area contributed by atoms with Gasteiger partial charge in [0.25, 0.3) is 0 Å². The average molecular weight is 395 g/mol. The standard InChI is InChI=1S/C18H16F3N3O2S/c1-24(10-12-2-4-14(5-3-12)18(19,20)21)16(25)7-6-15-22-23-17(26-15)13-8-9-27-11-13/h2-5,8-9,11H,6-7,10H2,1H3. The summed E-state index contributed by atoms with van der Waals surface area (Å²) in [5.41, 5.74) is 0.749. The lowest BCUT2D eigenvalue weighted by Crippen LogP contribution is -2.26. The van der Waals surface area contributed by atoms with Gasteiger partial charge in [0, 0.05) is 37.4 Å². The number of aryl methyl sites for hydroxylation is 1. The van der Waals surface area contributed by atoms with Gasteiger partial charge >= 0.3 is 6.18 Å². The normalized spacial score (nSPS) is 11.6. The van der Waals surface area contributed by atoms with Crippen LogP contribution < -0.4 is 0 Å². The van der Waals surface area contributed by atoms with Crippen LogP contribution in [-0.2, 0) is 23.9 Å². The van der Waals surface area contributed by atoms with Crippen molar-refractivity contribution >= 4 is 17.2 Å². The van der Waals surface area contributed by atoms with Crippen molar-refractivity contribution in [2.45, 2.75) is 25.6 Å². The van der Waals surface area contributed by atoms with E-state index in [9.17, 15) is 18.0 Å². The number of thiophene rings is 1. The van der Waals surface area contributed by atoms with Gasteiger partial charge in [-0.25, -0.2) is 0 Å². The van der Waals surface area contributed by atoms with E-state index < -0.39 is 11.7 Å². The topological polar surface area (TPSA) is 59.2 Å². The van der Waals surface area contributed by atoms with Gasteiger partial charge < -0.3 is 9.32 Å². The molecule has 0 saturated heterocycles. The number of alkyl halides is 3. The Balaban J connectivity index is 1.52. The van der Waals surface area contributed by atoms with Crippen molar-refractivity contribution in [3.8, 4) is 11.5 Å². The number of rotatable bonds is 6. The van der Waals surface area contributed by atoms with Crippen molar-refractivity contribution in [2.24, 2.45) is 0 Å². The monoisotopic (exact) mass is 395 g/mol. The number of amides is 1. The Morgan fingerprint density at radius 3 is 2.56 bits per heavy atom. The molecule has 1 amide bonds. The molecule has 9 heteroatoms. The van der Waals surface area contributed by atoms with Crippen LogP contribution in [0.3, 0.4) is 0 Å². The van der Waals surface area contributed by atoms with Gasteiger partial charge in [-0.2, -0.15) is 24.5 Å². The van der Waals surface area contributed by atoms with Crippen LogP contribution in [0.5, 0.6) is 0 Å². The maximum atomic E-state index is 12.6. The summed E-state index contributed by atoms with van der Waals surface area (Å²) >= 11 is 1.52. The third kappa shape index (κ3) is 4.94. The molecule has 0 saturated carbocycles. The van der Waals surface area contributed by atoms with E-state index in [0.717, 1.165) is 17.7 Å². The van der Waals surface area contributed by atoms with Crippen molar-refractivity contribution in [1.82, 2.24) is 15.1 Å². The molecule has 2 heterocycles. The minimum Gasteiger partial charge on any atom is -0.421 e. The molecule has 27 heavy (non-hydrogen) atoms. The molecule has 0 bridgehead atoms. The minimum atomic E-state index is -4.37. The van der Waals surface area contributed by atoms with Crippen LogP contribution in [0.4, 0.5) is 13.2 Å². The predicted molar refractivity (Wildman–Crippen MR) is 93.9 cm³/mol. The Morgan fingerprint density at radius 1 is 1.19 bits per heavy atom. The van der Waals surface area contributed by atoms with Gasteiger partial charge in [-0.3, -0.25) is 4.79 Å². The van der Waals surface area contributed by atoms with Crippen LogP contribution in [0.1, 0.15) is 23.4 Å². The van der Waals surface area contributed by atoms with Gasteiger partial charge in [0.2, 0.25) is 17.7 Å². The number of hydrogen-bond donors (Lipinski definition) is 0. The van der Waals surface area contributed by atoms with Crippen molar-refractivity contribution < 1.29 is 22.4 Å². The molecule has 0 aliphatic heterocycles. The fourth-order valence-electron chi connectivity index (χ4n) is 2.42. The van der Waals surface area contributed by atoms with Crippen molar-refractivity contribution in [3.63, 3.8) is 0 Å². The van der Waals surface area contributed by atoms with Gasteiger partial charge in [-0.1, -0.05) is 12.1 Å². The first-order chi connectivity index (χ1) is 12.8. The molecule has 0 atom stereocenters. The summed E-state index contributed by atoms with van der Waals surface area (Å²) < 4.78 is 43.3. The molecule has 0 aliphatic rings. The van der Waals surface area contributed by atoms with Crippen LogP contribution in [-0.4, -0.2) is 28.1 Å². The maximum Gasteiger partial charge on any atom is 0.416 e. The fourth-order valence-corrected chi connectivity index (χ4v) is 3.05. The van der Waals surface area contributed by atoms with Crippen LogP contribution in [0.2, 0.25) is 0 Å². The third-order valence-corrected chi connectivity index (χ3v) is 4.60. The zero-order valence-electron chi connectivity index (χ0n) is 14.4. The highest BCUT2D eigenvalue weighted by Crippen LogP contribution is 2.29. The molecule has 0 radical (unpaired) electrons. The van der Waals surface area contributed by atoms with E-state index in [-0.39, 0.29) is 18.9 Å². The zero-order valence-corrected chi connectivity index (χ0v) is 15.2. The first-order valence-corrected chi connectivity index (χ1v) is 9.02. The molecule has 0 aliphatic carbocycles. The second-order valence-electron chi connectivity index (χ2n) is 5.96. The van der Waals surface area contributed by atoms with Gasteiger partial charge in [-0.05, 0) is 29.1 Å². The predicted octanol–water partition coefficient (Wildman–Crippen LogP) is 4.41. The number of halogens is 3. The average Bonchev–Trinajstić information content (AvgIpc) is 3.30. The van der Waals surface area contributed by atoms with Crippen molar-refractivity contribution in [2.75, 3.05) is 7.05 Å². The van der Waals surface area contributed by atoms with Crippen LogP contribution >= 0.6 is 11.3 Å². The molecule has 0 fully saturated rings. The summed E-state index contributed by atoms with van der Waals surface area (Å²) in [4.78, 5) is 13.7. The largest absolute Gasteiger partial charge is 0.421 e. The van der Waals surface area contributed by atoms with E-state index in [4.69, 9.17) is 4.42 Å². The molecular weight excluding hydrogens is 379 g/mol. The highest BCUT2D eigenvalue weighted by molar-refractivity contribution is 7.08. The number of carbonyl (C=O) groups excluding carboxylic acids is 1. The van der Waals surface area contributed by atoms with Gasteiger partial charge in [0.15, 0.2) is 0 Å². The van der Waals surface area contributed by atoms with Gasteiger partial charge in [-0.15, -0.1) is 10.2 Å². The number of nitrogens with zero attached hydrogens (tertiary/aromatic N) is 3. The lowest BCUT2D eigenvalue weighted by atomic mass is 10.1.